The first-order chi connectivity index (χ1) is 12.4. The first-order valence-corrected chi connectivity index (χ1v) is 9.31. The molecule has 0 bridgehead atoms. The summed E-state index contributed by atoms with van der Waals surface area (Å²) in [5.41, 5.74) is 0.152. The minimum absolute atomic E-state index is 0.140. The Morgan fingerprint density at radius 1 is 1.38 bits per heavy atom. The number of rotatable bonds is 5. The molecule has 0 spiro atoms. The molecule has 8 nitrogen and oxygen atoms in total. The number of carbonyl (C=O) groups excluding carboxylic acids is 1. The number of hydrogen-bond donors (Lipinski definition) is 0. The molecule has 2 aromatic rings. The van der Waals surface area contributed by atoms with Crippen molar-refractivity contribution in [3.05, 3.63) is 39.0 Å². The molecule has 1 saturated heterocycles. The molecule has 0 aliphatic carbocycles. The molecule has 2 atom stereocenters. The van der Waals surface area contributed by atoms with Crippen LogP contribution in [0.2, 0.25) is 0 Å². The first-order valence-electron chi connectivity index (χ1n) is 7.70. The van der Waals surface area contributed by atoms with E-state index < -0.39 is 16.8 Å². The second-order valence-electron chi connectivity index (χ2n) is 5.82. The number of ether oxygens (including phenoxy) is 3. The van der Waals surface area contributed by atoms with E-state index in [-0.39, 0.29) is 12.2 Å². The third kappa shape index (κ3) is 3.42. The monoisotopic (exact) mass is 443 g/mol. The fourth-order valence-corrected chi connectivity index (χ4v) is 4.12. The summed E-state index contributed by atoms with van der Waals surface area (Å²) in [5, 5.41) is 13.7. The molecule has 1 aliphatic rings. The Morgan fingerprint density at radius 3 is 2.58 bits per heavy atom. The third-order valence-electron chi connectivity index (χ3n) is 4.05. The summed E-state index contributed by atoms with van der Waals surface area (Å²) in [6.07, 6.45) is 0.624. The number of hydrogen-bond acceptors (Lipinski definition) is 8. The van der Waals surface area contributed by atoms with Crippen molar-refractivity contribution in [3.8, 4) is 11.5 Å². The van der Waals surface area contributed by atoms with Crippen LogP contribution in [0.25, 0.3) is 0 Å². The number of likely N-dealkylation sites (N-methyl/N-ethyl adjacent to an activating group) is 1. The largest absolute Gasteiger partial charge is 0.622 e. The summed E-state index contributed by atoms with van der Waals surface area (Å²) in [6.45, 7) is 0.435. The fraction of sp³-hybridized carbons (Fsp3) is 0.375. The number of halogens is 1. The zero-order valence-corrected chi connectivity index (χ0v) is 16.9. The molecular weight excluding hydrogens is 426 g/mol. The normalized spacial score (nSPS) is 23.0. The maximum Gasteiger partial charge on any atom is 0.350 e. The van der Waals surface area contributed by atoms with Crippen LogP contribution in [0.4, 0.5) is 5.13 Å². The Hall–Kier alpha value is -1.72. The van der Waals surface area contributed by atoms with E-state index in [9.17, 15) is 10.0 Å². The van der Waals surface area contributed by atoms with Gasteiger partial charge >= 0.3 is 5.97 Å². The smallest absolute Gasteiger partial charge is 0.350 e. The van der Waals surface area contributed by atoms with Gasteiger partial charge in [-0.2, -0.15) is 4.98 Å². The topological polar surface area (TPSA) is 84.0 Å². The summed E-state index contributed by atoms with van der Waals surface area (Å²) in [6, 6.07) is 4.98. The molecule has 1 aromatic heterocycles. The molecule has 0 radical (unpaired) electrons. The van der Waals surface area contributed by atoms with E-state index in [0.717, 1.165) is 3.79 Å². The summed E-state index contributed by atoms with van der Waals surface area (Å²) in [5.74, 6) is -0.0306. The predicted octanol–water partition coefficient (Wildman–Crippen LogP) is 2.81. The molecule has 2 heterocycles. The average Bonchev–Trinajstić information content (AvgIpc) is 3.18. The van der Waals surface area contributed by atoms with Crippen LogP contribution in [0.1, 0.15) is 10.4 Å². The van der Waals surface area contributed by atoms with E-state index in [0.29, 0.717) is 23.2 Å². The summed E-state index contributed by atoms with van der Waals surface area (Å²) >= 11 is 4.54. The van der Waals surface area contributed by atoms with Gasteiger partial charge in [-0.25, -0.2) is 9.69 Å². The van der Waals surface area contributed by atoms with Crippen molar-refractivity contribution in [3.63, 3.8) is 0 Å². The molecule has 140 valence electrons. The molecule has 0 amide bonds. The summed E-state index contributed by atoms with van der Waals surface area (Å²) in [4.78, 5) is 18.8. The van der Waals surface area contributed by atoms with Crippen LogP contribution >= 0.6 is 27.3 Å². The molecule has 1 fully saturated rings. The molecule has 1 aromatic carbocycles. The van der Waals surface area contributed by atoms with Crippen LogP contribution in [-0.4, -0.2) is 56.6 Å². The lowest BCUT2D eigenvalue weighted by Crippen LogP contribution is -2.50. The molecule has 3 rings (SSSR count). The highest BCUT2D eigenvalue weighted by molar-refractivity contribution is 9.11. The number of carbonyl (C=O) groups is 1. The van der Waals surface area contributed by atoms with Crippen LogP contribution in [-0.2, 0) is 4.74 Å². The van der Waals surface area contributed by atoms with E-state index in [4.69, 9.17) is 14.2 Å². The number of quaternary nitrogens is 1. The summed E-state index contributed by atoms with van der Waals surface area (Å²) in [7, 11) is 4.71. The average molecular weight is 444 g/mol. The number of aromatic nitrogens is 1. The molecular formula is C16H18BrN3O5S. The van der Waals surface area contributed by atoms with Gasteiger partial charge in [-0.15, -0.1) is 0 Å². The Balaban J connectivity index is 1.91. The maximum absolute atomic E-state index is 13.4. The number of hydroxylamine groups is 2. The number of benzene rings is 1. The van der Waals surface area contributed by atoms with E-state index >= 15 is 0 Å². The Bertz CT molecular complexity index is 795. The van der Waals surface area contributed by atoms with Crippen LogP contribution in [0.3, 0.4) is 0 Å². The maximum atomic E-state index is 13.4. The highest BCUT2D eigenvalue weighted by Gasteiger charge is 2.45. The second kappa shape index (κ2) is 7.49. The lowest BCUT2D eigenvalue weighted by atomic mass is 10.2. The van der Waals surface area contributed by atoms with Gasteiger partial charge in [0.05, 0.1) is 30.7 Å². The second-order valence-corrected chi connectivity index (χ2v) is 8.21. The quantitative estimate of drug-likeness (QED) is 0.398. The number of nitrogens with zero attached hydrogens (tertiary/aromatic N) is 3. The van der Waals surface area contributed by atoms with Gasteiger partial charge < -0.3 is 19.4 Å². The molecule has 1 aliphatic heterocycles. The highest BCUT2D eigenvalue weighted by atomic mass is 79.9. The van der Waals surface area contributed by atoms with Crippen molar-refractivity contribution < 1.29 is 19.0 Å². The SMILES string of the molecule is COc1cccc(OC)c1C(=O)OC1CN(C)C[N+]1([O-])c1ncc(Br)s1. The number of methoxy groups -OCH3 is 2. The Kier molecular flexibility index (Phi) is 5.49. The number of esters is 1. The van der Waals surface area contributed by atoms with E-state index in [2.05, 4.69) is 20.9 Å². The van der Waals surface area contributed by atoms with E-state index in [1.54, 1.807) is 36.3 Å². The van der Waals surface area contributed by atoms with Crippen molar-refractivity contribution in [2.24, 2.45) is 0 Å². The van der Waals surface area contributed by atoms with Crippen molar-refractivity contribution in [2.75, 3.05) is 34.5 Å². The molecule has 10 heteroatoms. The van der Waals surface area contributed by atoms with Gasteiger partial charge in [0.2, 0.25) is 0 Å². The molecule has 26 heavy (non-hydrogen) atoms. The highest BCUT2D eigenvalue weighted by Crippen LogP contribution is 2.37. The minimum atomic E-state index is -0.944. The lowest BCUT2D eigenvalue weighted by molar-refractivity contribution is 0.00511. The van der Waals surface area contributed by atoms with Crippen LogP contribution in [0.15, 0.2) is 28.2 Å². The zero-order chi connectivity index (χ0) is 18.9. The Morgan fingerprint density at radius 2 is 2.04 bits per heavy atom. The van der Waals surface area contributed by atoms with Gasteiger partial charge in [-0.05, 0) is 46.4 Å². The van der Waals surface area contributed by atoms with Crippen molar-refractivity contribution in [1.82, 2.24) is 14.5 Å². The Labute approximate surface area is 163 Å². The molecule has 2 unspecified atom stereocenters. The first kappa shape index (κ1) is 19.1. The van der Waals surface area contributed by atoms with Gasteiger partial charge in [0.1, 0.15) is 23.7 Å². The van der Waals surface area contributed by atoms with Gasteiger partial charge in [0.15, 0.2) is 0 Å². The van der Waals surface area contributed by atoms with E-state index in [1.807, 2.05) is 0 Å². The van der Waals surface area contributed by atoms with E-state index in [1.165, 1.54) is 25.6 Å². The summed E-state index contributed by atoms with van der Waals surface area (Å²) < 4.78 is 16.0. The number of thiazole rings is 1. The van der Waals surface area contributed by atoms with Gasteiger partial charge in [0, 0.05) is 0 Å². The standard InChI is InChI=1S/C16H18BrN3O5S/c1-19-8-13(20(22,9-19)16-18-7-12(17)26-16)25-15(21)14-10(23-2)5-4-6-11(14)24-3/h4-7,13H,8-9H2,1-3H3. The van der Waals surface area contributed by atoms with Crippen molar-refractivity contribution in [2.45, 2.75) is 6.23 Å². The van der Waals surface area contributed by atoms with Crippen LogP contribution < -0.4 is 14.1 Å². The molecule has 0 saturated carbocycles. The van der Waals surface area contributed by atoms with Gasteiger partial charge in [-0.1, -0.05) is 6.07 Å². The van der Waals surface area contributed by atoms with Crippen LogP contribution in [0.5, 0.6) is 11.5 Å². The van der Waals surface area contributed by atoms with Gasteiger partial charge in [-0.3, -0.25) is 4.65 Å². The van der Waals surface area contributed by atoms with Crippen molar-refractivity contribution >= 4 is 38.4 Å². The predicted molar refractivity (Wildman–Crippen MR) is 101 cm³/mol. The molecule has 0 N–H and O–H groups in total. The zero-order valence-electron chi connectivity index (χ0n) is 14.5. The fourth-order valence-electron chi connectivity index (χ4n) is 2.87. The minimum Gasteiger partial charge on any atom is -0.622 e. The lowest BCUT2D eigenvalue weighted by Gasteiger charge is -2.38. The van der Waals surface area contributed by atoms with Crippen LogP contribution in [0, 0.1) is 5.21 Å². The van der Waals surface area contributed by atoms with Gasteiger partial charge in [0.25, 0.3) is 11.4 Å². The van der Waals surface area contributed by atoms with Crippen molar-refractivity contribution in [1.29, 1.82) is 0 Å². The third-order valence-corrected chi connectivity index (χ3v) is 5.64.